The molecule has 2 rings (SSSR count). The maximum Gasteiger partial charge on any atom is 0.175 e. The molecule has 3 nitrogen and oxygen atoms in total. The summed E-state index contributed by atoms with van der Waals surface area (Å²) in [6, 6.07) is 3.93. The molecule has 16 heavy (non-hydrogen) atoms. The minimum atomic E-state index is 0.105. The Balaban J connectivity index is 2.39. The summed E-state index contributed by atoms with van der Waals surface area (Å²) in [5.41, 5.74) is 1.05. The summed E-state index contributed by atoms with van der Waals surface area (Å²) < 4.78 is 12.1. The predicted molar refractivity (Wildman–Crippen MR) is 65.2 cm³/mol. The summed E-state index contributed by atoms with van der Waals surface area (Å²) in [6.07, 6.45) is 0.895. The van der Waals surface area contributed by atoms with Crippen molar-refractivity contribution in [2.24, 2.45) is 0 Å². The molecule has 1 aromatic rings. The molecule has 1 heterocycles. The van der Waals surface area contributed by atoms with E-state index in [0.717, 1.165) is 28.0 Å². The summed E-state index contributed by atoms with van der Waals surface area (Å²) in [5, 5.41) is 9.15. The molecular weight excluding hydrogens is 272 g/mol. The van der Waals surface area contributed by atoms with Crippen LogP contribution in [0.4, 0.5) is 0 Å². The second-order valence-electron chi connectivity index (χ2n) is 3.96. The van der Waals surface area contributed by atoms with Crippen LogP contribution in [0.3, 0.4) is 0 Å². The summed E-state index contributed by atoms with van der Waals surface area (Å²) in [6.45, 7) is 3.47. The molecule has 1 unspecified atom stereocenters. The van der Waals surface area contributed by atoms with Crippen molar-refractivity contribution in [1.29, 1.82) is 0 Å². The highest BCUT2D eigenvalue weighted by atomic mass is 79.9. The zero-order chi connectivity index (χ0) is 11.5. The SMILES string of the molecule is CC(CO)c1cc(Br)c2c(c1)OCCCO2. The van der Waals surface area contributed by atoms with Crippen molar-refractivity contribution in [3.63, 3.8) is 0 Å². The first-order valence-corrected chi connectivity index (χ1v) is 6.21. The highest BCUT2D eigenvalue weighted by molar-refractivity contribution is 9.10. The summed E-state index contributed by atoms with van der Waals surface area (Å²) in [7, 11) is 0. The molecule has 1 aliphatic heterocycles. The van der Waals surface area contributed by atoms with Gasteiger partial charge in [0.1, 0.15) is 0 Å². The van der Waals surface area contributed by atoms with Crippen LogP contribution in [0.5, 0.6) is 11.5 Å². The van der Waals surface area contributed by atoms with Gasteiger partial charge in [-0.05, 0) is 33.6 Å². The van der Waals surface area contributed by atoms with E-state index in [1.807, 2.05) is 19.1 Å². The second kappa shape index (κ2) is 5.06. The van der Waals surface area contributed by atoms with E-state index in [0.29, 0.717) is 13.2 Å². The standard InChI is InChI=1S/C12H15BrO3/c1-8(7-14)9-5-10(13)12-11(6-9)15-3-2-4-16-12/h5-6,8,14H,2-4,7H2,1H3. The van der Waals surface area contributed by atoms with E-state index in [9.17, 15) is 0 Å². The van der Waals surface area contributed by atoms with Gasteiger partial charge >= 0.3 is 0 Å². The molecule has 0 saturated carbocycles. The molecule has 88 valence electrons. The van der Waals surface area contributed by atoms with E-state index in [1.165, 1.54) is 0 Å². The maximum atomic E-state index is 9.15. The topological polar surface area (TPSA) is 38.7 Å². The lowest BCUT2D eigenvalue weighted by atomic mass is 10.0. The molecule has 1 aromatic carbocycles. The summed E-state index contributed by atoms with van der Waals surface area (Å²) in [4.78, 5) is 0. The number of aliphatic hydroxyl groups is 1. The second-order valence-corrected chi connectivity index (χ2v) is 4.82. The third-order valence-electron chi connectivity index (χ3n) is 2.67. The lowest BCUT2D eigenvalue weighted by Gasteiger charge is -2.14. The summed E-state index contributed by atoms with van der Waals surface area (Å²) in [5.74, 6) is 1.64. The van der Waals surface area contributed by atoms with E-state index in [-0.39, 0.29) is 12.5 Å². The average molecular weight is 287 g/mol. The average Bonchev–Trinajstić information content (AvgIpc) is 2.53. The van der Waals surface area contributed by atoms with Gasteiger partial charge in [0.2, 0.25) is 0 Å². The smallest absolute Gasteiger partial charge is 0.175 e. The number of hydrogen-bond donors (Lipinski definition) is 1. The molecule has 4 heteroatoms. The van der Waals surface area contributed by atoms with Crippen LogP contribution in [0.1, 0.15) is 24.8 Å². The van der Waals surface area contributed by atoms with Crippen molar-refractivity contribution in [3.05, 3.63) is 22.2 Å². The Morgan fingerprint density at radius 2 is 2.12 bits per heavy atom. The molecule has 0 saturated heterocycles. The van der Waals surface area contributed by atoms with Gasteiger partial charge in [-0.3, -0.25) is 0 Å². The van der Waals surface area contributed by atoms with Gasteiger partial charge in [0, 0.05) is 18.9 Å². The van der Waals surface area contributed by atoms with Gasteiger partial charge in [0.15, 0.2) is 11.5 Å². The quantitative estimate of drug-likeness (QED) is 0.909. The molecule has 0 aliphatic carbocycles. The van der Waals surface area contributed by atoms with Gasteiger partial charge in [0.05, 0.1) is 17.7 Å². The molecule has 0 bridgehead atoms. The van der Waals surface area contributed by atoms with Crippen molar-refractivity contribution in [2.45, 2.75) is 19.3 Å². The molecular formula is C12H15BrO3. The molecule has 0 fully saturated rings. The van der Waals surface area contributed by atoms with Gasteiger partial charge in [-0.1, -0.05) is 6.92 Å². The molecule has 1 N–H and O–H groups in total. The highest BCUT2D eigenvalue weighted by Gasteiger charge is 2.17. The fourth-order valence-corrected chi connectivity index (χ4v) is 2.21. The fourth-order valence-electron chi connectivity index (χ4n) is 1.64. The van der Waals surface area contributed by atoms with Crippen LogP contribution in [-0.2, 0) is 0 Å². The first-order chi connectivity index (χ1) is 7.72. The first-order valence-electron chi connectivity index (χ1n) is 5.42. The van der Waals surface area contributed by atoms with Crippen LogP contribution < -0.4 is 9.47 Å². The molecule has 0 amide bonds. The van der Waals surface area contributed by atoms with Crippen LogP contribution in [-0.4, -0.2) is 24.9 Å². The monoisotopic (exact) mass is 286 g/mol. The van der Waals surface area contributed by atoms with Gasteiger partial charge in [0.25, 0.3) is 0 Å². The number of ether oxygens (including phenoxy) is 2. The first kappa shape index (κ1) is 11.7. The number of rotatable bonds is 2. The highest BCUT2D eigenvalue weighted by Crippen LogP contribution is 2.39. The van der Waals surface area contributed by atoms with Crippen LogP contribution >= 0.6 is 15.9 Å². The molecule has 1 aliphatic rings. The van der Waals surface area contributed by atoms with Crippen LogP contribution in [0.25, 0.3) is 0 Å². The van der Waals surface area contributed by atoms with E-state index >= 15 is 0 Å². The minimum absolute atomic E-state index is 0.105. The van der Waals surface area contributed by atoms with Crippen molar-refractivity contribution < 1.29 is 14.6 Å². The Kier molecular flexibility index (Phi) is 3.71. The van der Waals surface area contributed by atoms with Crippen molar-refractivity contribution >= 4 is 15.9 Å². The number of halogens is 1. The van der Waals surface area contributed by atoms with Gasteiger partial charge in [-0.15, -0.1) is 0 Å². The van der Waals surface area contributed by atoms with Gasteiger partial charge in [-0.2, -0.15) is 0 Å². The number of benzene rings is 1. The Morgan fingerprint density at radius 3 is 2.88 bits per heavy atom. The van der Waals surface area contributed by atoms with E-state index < -0.39 is 0 Å². The van der Waals surface area contributed by atoms with Crippen molar-refractivity contribution in [1.82, 2.24) is 0 Å². The van der Waals surface area contributed by atoms with Crippen LogP contribution in [0, 0.1) is 0 Å². The zero-order valence-electron chi connectivity index (χ0n) is 9.20. The Bertz CT molecular complexity index is 379. The number of hydrogen-bond acceptors (Lipinski definition) is 3. The molecule has 0 spiro atoms. The molecule has 0 radical (unpaired) electrons. The van der Waals surface area contributed by atoms with Crippen LogP contribution in [0.2, 0.25) is 0 Å². The fraction of sp³-hybridized carbons (Fsp3) is 0.500. The van der Waals surface area contributed by atoms with Crippen LogP contribution in [0.15, 0.2) is 16.6 Å². The van der Waals surface area contributed by atoms with E-state index in [4.69, 9.17) is 14.6 Å². The number of aliphatic hydroxyl groups excluding tert-OH is 1. The third-order valence-corrected chi connectivity index (χ3v) is 3.26. The minimum Gasteiger partial charge on any atom is -0.490 e. The predicted octanol–water partition coefficient (Wildman–Crippen LogP) is 2.71. The normalized spacial score (nSPS) is 16.7. The van der Waals surface area contributed by atoms with E-state index in [2.05, 4.69) is 15.9 Å². The maximum absolute atomic E-state index is 9.15. The van der Waals surface area contributed by atoms with E-state index in [1.54, 1.807) is 0 Å². The third kappa shape index (κ3) is 2.33. The largest absolute Gasteiger partial charge is 0.490 e. The molecule has 0 aromatic heterocycles. The Labute approximate surface area is 104 Å². The lowest BCUT2D eigenvalue weighted by Crippen LogP contribution is -2.01. The Hall–Kier alpha value is -0.740. The summed E-state index contributed by atoms with van der Waals surface area (Å²) >= 11 is 3.48. The zero-order valence-corrected chi connectivity index (χ0v) is 10.8. The van der Waals surface area contributed by atoms with Gasteiger partial charge < -0.3 is 14.6 Å². The van der Waals surface area contributed by atoms with Crippen molar-refractivity contribution in [3.8, 4) is 11.5 Å². The Morgan fingerprint density at radius 1 is 1.38 bits per heavy atom. The van der Waals surface area contributed by atoms with Gasteiger partial charge in [-0.25, -0.2) is 0 Å². The number of fused-ring (bicyclic) bond motifs is 1. The molecule has 1 atom stereocenters. The lowest BCUT2D eigenvalue weighted by molar-refractivity contribution is 0.272. The van der Waals surface area contributed by atoms with Crippen molar-refractivity contribution in [2.75, 3.05) is 19.8 Å².